The highest BCUT2D eigenvalue weighted by atomic mass is 79.9. The highest BCUT2D eigenvalue weighted by Gasteiger charge is 2.06. The van der Waals surface area contributed by atoms with Crippen LogP contribution in [0.3, 0.4) is 0 Å². The highest BCUT2D eigenvalue weighted by Crippen LogP contribution is 2.27. The van der Waals surface area contributed by atoms with Gasteiger partial charge < -0.3 is 4.74 Å². The van der Waals surface area contributed by atoms with Crippen LogP contribution in [-0.4, -0.2) is 0 Å². The summed E-state index contributed by atoms with van der Waals surface area (Å²) >= 11 is 6.52. The third-order valence-corrected chi connectivity index (χ3v) is 3.68. The largest absolute Gasteiger partial charge is 0.488 e. The van der Waals surface area contributed by atoms with Crippen molar-refractivity contribution in [2.45, 2.75) is 6.61 Å². The lowest BCUT2D eigenvalue weighted by atomic mass is 10.2. The molecular formula is C13H8Br2F2O. The third-order valence-electron chi connectivity index (χ3n) is 2.29. The standard InChI is InChI=1S/C13H8Br2F2O/c14-11-4-3-10(17)6-13(11)18-7-8-1-2-9(16)5-12(8)15/h1-6H,7H2. The van der Waals surface area contributed by atoms with Crippen molar-refractivity contribution < 1.29 is 13.5 Å². The third kappa shape index (κ3) is 3.29. The van der Waals surface area contributed by atoms with Crippen molar-refractivity contribution in [2.24, 2.45) is 0 Å². The van der Waals surface area contributed by atoms with Crippen LogP contribution in [0.5, 0.6) is 5.75 Å². The van der Waals surface area contributed by atoms with Gasteiger partial charge in [0.1, 0.15) is 24.0 Å². The zero-order chi connectivity index (χ0) is 13.1. The summed E-state index contributed by atoms with van der Waals surface area (Å²) in [5, 5.41) is 0. The van der Waals surface area contributed by atoms with E-state index in [4.69, 9.17) is 4.74 Å². The maximum Gasteiger partial charge on any atom is 0.136 e. The molecule has 0 spiro atoms. The molecule has 0 N–H and O–H groups in total. The molecule has 0 unspecified atom stereocenters. The van der Waals surface area contributed by atoms with Gasteiger partial charge in [-0.15, -0.1) is 0 Å². The predicted octanol–water partition coefficient (Wildman–Crippen LogP) is 5.07. The van der Waals surface area contributed by atoms with E-state index in [1.54, 1.807) is 12.1 Å². The Bertz CT molecular complexity index is 573. The maximum atomic E-state index is 13.0. The first kappa shape index (κ1) is 13.5. The molecule has 94 valence electrons. The maximum absolute atomic E-state index is 13.0. The predicted molar refractivity (Wildman–Crippen MR) is 72.5 cm³/mol. The van der Waals surface area contributed by atoms with Crippen LogP contribution in [0.2, 0.25) is 0 Å². The van der Waals surface area contributed by atoms with Crippen molar-refractivity contribution in [3.63, 3.8) is 0 Å². The molecular weight excluding hydrogens is 370 g/mol. The molecule has 0 aliphatic heterocycles. The van der Waals surface area contributed by atoms with Crippen LogP contribution in [0, 0.1) is 11.6 Å². The summed E-state index contributed by atoms with van der Waals surface area (Å²) in [6, 6.07) is 8.53. The summed E-state index contributed by atoms with van der Waals surface area (Å²) in [5.74, 6) is -0.282. The number of ether oxygens (including phenoxy) is 1. The van der Waals surface area contributed by atoms with Gasteiger partial charge in [-0.05, 0) is 40.2 Å². The Balaban J connectivity index is 2.13. The molecule has 0 saturated carbocycles. The van der Waals surface area contributed by atoms with Gasteiger partial charge in [0.05, 0.1) is 4.47 Å². The van der Waals surface area contributed by atoms with E-state index in [2.05, 4.69) is 31.9 Å². The van der Waals surface area contributed by atoms with Crippen LogP contribution >= 0.6 is 31.9 Å². The van der Waals surface area contributed by atoms with E-state index < -0.39 is 0 Å². The molecule has 0 amide bonds. The molecule has 0 aliphatic carbocycles. The molecule has 0 aliphatic rings. The second-order valence-corrected chi connectivity index (χ2v) is 5.31. The van der Waals surface area contributed by atoms with Crippen LogP contribution in [0.4, 0.5) is 8.78 Å². The highest BCUT2D eigenvalue weighted by molar-refractivity contribution is 9.10. The zero-order valence-electron chi connectivity index (χ0n) is 9.09. The fourth-order valence-corrected chi connectivity index (χ4v) is 2.21. The fourth-order valence-electron chi connectivity index (χ4n) is 1.38. The minimum absolute atomic E-state index is 0.225. The van der Waals surface area contributed by atoms with Gasteiger partial charge in [-0.25, -0.2) is 8.78 Å². The smallest absolute Gasteiger partial charge is 0.136 e. The number of benzene rings is 2. The number of hydrogen-bond acceptors (Lipinski definition) is 1. The minimum Gasteiger partial charge on any atom is -0.488 e. The molecule has 0 heterocycles. The van der Waals surface area contributed by atoms with Crippen LogP contribution in [0.25, 0.3) is 0 Å². The lowest BCUT2D eigenvalue weighted by Crippen LogP contribution is -1.98. The van der Waals surface area contributed by atoms with Crippen LogP contribution < -0.4 is 4.74 Å². The molecule has 5 heteroatoms. The number of rotatable bonds is 3. The van der Waals surface area contributed by atoms with Crippen molar-refractivity contribution in [2.75, 3.05) is 0 Å². The molecule has 2 rings (SSSR count). The molecule has 0 radical (unpaired) electrons. The first-order chi connectivity index (χ1) is 8.56. The lowest BCUT2D eigenvalue weighted by Gasteiger charge is -2.09. The molecule has 0 fully saturated rings. The second kappa shape index (κ2) is 5.80. The molecule has 1 nitrogen and oxygen atoms in total. The molecule has 18 heavy (non-hydrogen) atoms. The van der Waals surface area contributed by atoms with E-state index in [9.17, 15) is 8.78 Å². The molecule has 0 atom stereocenters. The van der Waals surface area contributed by atoms with Gasteiger partial charge in [-0.1, -0.05) is 22.0 Å². The Hall–Kier alpha value is -0.940. The van der Waals surface area contributed by atoms with Crippen LogP contribution in [0.1, 0.15) is 5.56 Å². The van der Waals surface area contributed by atoms with Crippen LogP contribution in [-0.2, 0) is 6.61 Å². The molecule has 0 saturated heterocycles. The summed E-state index contributed by atoms with van der Waals surface area (Å²) in [4.78, 5) is 0. The Morgan fingerprint density at radius 3 is 2.28 bits per heavy atom. The molecule has 2 aromatic carbocycles. The number of hydrogen-bond donors (Lipinski definition) is 0. The second-order valence-electron chi connectivity index (χ2n) is 3.60. The van der Waals surface area contributed by atoms with E-state index in [1.807, 2.05) is 0 Å². The monoisotopic (exact) mass is 376 g/mol. The summed E-state index contributed by atoms with van der Waals surface area (Å²) in [7, 11) is 0. The topological polar surface area (TPSA) is 9.23 Å². The van der Waals surface area contributed by atoms with E-state index >= 15 is 0 Å². The van der Waals surface area contributed by atoms with E-state index in [0.29, 0.717) is 14.7 Å². The van der Waals surface area contributed by atoms with Crippen LogP contribution in [0.15, 0.2) is 45.3 Å². The van der Waals surface area contributed by atoms with Gasteiger partial charge in [-0.3, -0.25) is 0 Å². The normalized spacial score (nSPS) is 10.4. The Morgan fingerprint density at radius 1 is 0.889 bits per heavy atom. The summed E-state index contributed by atoms with van der Waals surface area (Å²) in [6.07, 6.45) is 0. The van der Waals surface area contributed by atoms with Crippen molar-refractivity contribution in [1.82, 2.24) is 0 Å². The van der Waals surface area contributed by atoms with E-state index in [1.165, 1.54) is 24.3 Å². The summed E-state index contributed by atoms with van der Waals surface area (Å²) < 4.78 is 32.7. The minimum atomic E-state index is -0.369. The van der Waals surface area contributed by atoms with Crippen molar-refractivity contribution >= 4 is 31.9 Å². The summed E-state index contributed by atoms with van der Waals surface area (Å²) in [5.41, 5.74) is 0.785. The van der Waals surface area contributed by atoms with Gasteiger partial charge in [0.15, 0.2) is 0 Å². The first-order valence-electron chi connectivity index (χ1n) is 5.08. The summed E-state index contributed by atoms with van der Waals surface area (Å²) in [6.45, 7) is 0.225. The lowest BCUT2D eigenvalue weighted by molar-refractivity contribution is 0.301. The van der Waals surface area contributed by atoms with E-state index in [0.717, 1.165) is 5.56 Å². The van der Waals surface area contributed by atoms with E-state index in [-0.39, 0.29) is 18.2 Å². The Morgan fingerprint density at radius 2 is 1.56 bits per heavy atom. The van der Waals surface area contributed by atoms with Crippen molar-refractivity contribution in [3.05, 3.63) is 62.5 Å². The SMILES string of the molecule is Fc1ccc(COc2cc(F)ccc2Br)c(Br)c1. The van der Waals surface area contributed by atoms with Gasteiger partial charge in [-0.2, -0.15) is 0 Å². The number of halogens is 4. The molecule has 0 aromatic heterocycles. The Kier molecular flexibility index (Phi) is 4.35. The molecule has 0 bridgehead atoms. The molecule has 2 aromatic rings. The average molecular weight is 378 g/mol. The average Bonchev–Trinajstić information content (AvgIpc) is 2.32. The van der Waals surface area contributed by atoms with Gasteiger partial charge in [0, 0.05) is 16.1 Å². The van der Waals surface area contributed by atoms with Crippen molar-refractivity contribution in [1.29, 1.82) is 0 Å². The first-order valence-corrected chi connectivity index (χ1v) is 6.66. The zero-order valence-corrected chi connectivity index (χ0v) is 12.3. The Labute approximate surface area is 120 Å². The van der Waals surface area contributed by atoms with Gasteiger partial charge >= 0.3 is 0 Å². The van der Waals surface area contributed by atoms with Crippen molar-refractivity contribution in [3.8, 4) is 5.75 Å². The van der Waals surface area contributed by atoms with Gasteiger partial charge in [0.25, 0.3) is 0 Å². The fraction of sp³-hybridized carbons (Fsp3) is 0.0769. The van der Waals surface area contributed by atoms with Gasteiger partial charge in [0.2, 0.25) is 0 Å². The quantitative estimate of drug-likeness (QED) is 0.725.